The second-order valence-corrected chi connectivity index (χ2v) is 8.55. The monoisotopic (exact) mass is 463 g/mol. The summed E-state index contributed by atoms with van der Waals surface area (Å²) in [6.45, 7) is -0.529. The van der Waals surface area contributed by atoms with Crippen molar-refractivity contribution < 1.29 is 37.9 Å². The maximum absolute atomic E-state index is 12.6. The maximum atomic E-state index is 12.6. The smallest absolute Gasteiger partial charge is 0.379 e. The first-order valence-electron chi connectivity index (χ1n) is 11.0. The van der Waals surface area contributed by atoms with Crippen LogP contribution >= 0.6 is 0 Å². The molecule has 34 heavy (non-hydrogen) atoms. The van der Waals surface area contributed by atoms with Crippen molar-refractivity contribution in [2.45, 2.75) is 12.8 Å². The predicted octanol–water partition coefficient (Wildman–Crippen LogP) is 2.42. The quantitative estimate of drug-likeness (QED) is 0.192. The number of ether oxygens (including phenoxy) is 2. The number of furan rings is 1. The van der Waals surface area contributed by atoms with Crippen LogP contribution in [0.4, 0.5) is 0 Å². The number of likely N-dealkylation sites (tertiary alicyclic amines) is 1. The van der Waals surface area contributed by atoms with Gasteiger partial charge in [0, 0.05) is 12.1 Å². The number of hydrogen-bond acceptors (Lipinski definition) is 8. The van der Waals surface area contributed by atoms with Gasteiger partial charge in [-0.25, -0.2) is 4.79 Å². The Labute approximate surface area is 194 Å². The molecular formula is C25H21NO8. The first-order valence-corrected chi connectivity index (χ1v) is 11.0. The van der Waals surface area contributed by atoms with Crippen molar-refractivity contribution in [3.05, 3.63) is 66.1 Å². The van der Waals surface area contributed by atoms with Gasteiger partial charge in [-0.1, -0.05) is 12.2 Å². The molecule has 1 aromatic heterocycles. The highest BCUT2D eigenvalue weighted by Gasteiger charge is 2.59. The highest BCUT2D eigenvalue weighted by Crippen LogP contribution is 2.52. The van der Waals surface area contributed by atoms with E-state index >= 15 is 0 Å². The number of nitrogens with zero attached hydrogens (tertiary/aromatic N) is 1. The van der Waals surface area contributed by atoms with Crippen molar-refractivity contribution >= 4 is 29.5 Å². The Morgan fingerprint density at radius 3 is 2.26 bits per heavy atom. The fourth-order valence-corrected chi connectivity index (χ4v) is 4.95. The lowest BCUT2D eigenvalue weighted by atomic mass is 9.85. The third-order valence-corrected chi connectivity index (χ3v) is 6.57. The van der Waals surface area contributed by atoms with E-state index < -0.39 is 24.3 Å². The molecule has 2 fully saturated rings. The average molecular weight is 463 g/mol. The molecule has 2 aromatic rings. The minimum absolute atomic E-state index is 0.0487. The number of esters is 2. The number of carbonyl (C=O) groups excluding carboxylic acids is 5. The summed E-state index contributed by atoms with van der Waals surface area (Å²) in [5.41, 5.74) is 0.270. The van der Waals surface area contributed by atoms with E-state index in [0.29, 0.717) is 0 Å². The summed E-state index contributed by atoms with van der Waals surface area (Å²) in [5, 5.41) is 0. The van der Waals surface area contributed by atoms with Gasteiger partial charge >= 0.3 is 11.9 Å². The van der Waals surface area contributed by atoms with Gasteiger partial charge in [-0.15, -0.1) is 0 Å². The normalized spacial score (nSPS) is 24.4. The SMILES string of the molecule is O=C(CCN1C(=O)C2C3C=CC(C3)C2C1=O)OCC(=O)c1ccc(OC(=O)c2ccco2)cc1. The second-order valence-electron chi connectivity index (χ2n) is 8.55. The van der Waals surface area contributed by atoms with Gasteiger partial charge in [-0.3, -0.25) is 24.1 Å². The molecule has 174 valence electrons. The molecule has 0 spiro atoms. The van der Waals surface area contributed by atoms with Crippen LogP contribution in [0.3, 0.4) is 0 Å². The zero-order valence-electron chi connectivity index (χ0n) is 18.0. The number of hydrogen-bond donors (Lipinski definition) is 0. The van der Waals surface area contributed by atoms with Crippen LogP contribution in [0.5, 0.6) is 5.75 Å². The van der Waals surface area contributed by atoms with E-state index in [1.807, 2.05) is 12.2 Å². The van der Waals surface area contributed by atoms with Crippen molar-refractivity contribution in [3.8, 4) is 5.75 Å². The number of carbonyl (C=O) groups is 5. The van der Waals surface area contributed by atoms with Crippen molar-refractivity contribution in [3.63, 3.8) is 0 Å². The maximum Gasteiger partial charge on any atom is 0.379 e. The lowest BCUT2D eigenvalue weighted by Gasteiger charge is -2.16. The van der Waals surface area contributed by atoms with Gasteiger partial charge in [0.15, 0.2) is 12.4 Å². The van der Waals surface area contributed by atoms with Crippen LogP contribution < -0.4 is 4.74 Å². The molecule has 4 atom stereocenters. The van der Waals surface area contributed by atoms with E-state index in [9.17, 15) is 24.0 Å². The summed E-state index contributed by atoms with van der Waals surface area (Å²) >= 11 is 0. The number of fused-ring (bicyclic) bond motifs is 5. The highest BCUT2D eigenvalue weighted by molar-refractivity contribution is 6.06. The third-order valence-electron chi connectivity index (χ3n) is 6.57. The van der Waals surface area contributed by atoms with Crippen LogP contribution in [0.2, 0.25) is 0 Å². The molecule has 1 saturated carbocycles. The first kappa shape index (κ1) is 21.8. The van der Waals surface area contributed by atoms with Crippen LogP contribution in [0.25, 0.3) is 0 Å². The predicted molar refractivity (Wildman–Crippen MR) is 114 cm³/mol. The van der Waals surface area contributed by atoms with Crippen LogP contribution in [0.15, 0.2) is 59.2 Å². The zero-order chi connectivity index (χ0) is 23.8. The molecule has 1 aliphatic heterocycles. The van der Waals surface area contributed by atoms with Gasteiger partial charge in [0.2, 0.25) is 17.6 Å². The highest BCUT2D eigenvalue weighted by atomic mass is 16.5. The second kappa shape index (κ2) is 8.74. The molecular weight excluding hydrogens is 442 g/mol. The molecule has 3 aliphatic rings. The zero-order valence-corrected chi connectivity index (χ0v) is 18.0. The van der Waals surface area contributed by atoms with Crippen molar-refractivity contribution in [2.75, 3.05) is 13.2 Å². The fourth-order valence-electron chi connectivity index (χ4n) is 4.95. The van der Waals surface area contributed by atoms with Gasteiger partial charge < -0.3 is 13.9 Å². The first-order chi connectivity index (χ1) is 16.4. The molecule has 2 amide bonds. The number of benzene rings is 1. The summed E-state index contributed by atoms with van der Waals surface area (Å²) in [4.78, 5) is 62.8. The Bertz CT molecular complexity index is 1150. The molecule has 0 radical (unpaired) electrons. The Morgan fingerprint density at radius 1 is 0.971 bits per heavy atom. The molecule has 1 saturated heterocycles. The number of imide groups is 1. The number of Topliss-reactive ketones (excluding diaryl/α,β-unsaturated/α-hetero) is 1. The average Bonchev–Trinajstić information content (AvgIpc) is 3.63. The fraction of sp³-hybridized carbons (Fsp3) is 0.320. The van der Waals surface area contributed by atoms with Crippen LogP contribution in [-0.2, 0) is 19.1 Å². The van der Waals surface area contributed by atoms with E-state index in [1.54, 1.807) is 6.07 Å². The molecule has 2 bridgehead atoms. The Hall–Kier alpha value is -4.01. The minimum Gasteiger partial charge on any atom is -0.457 e. The van der Waals surface area contributed by atoms with Crippen molar-refractivity contribution in [1.82, 2.24) is 4.90 Å². The number of amides is 2. The van der Waals surface area contributed by atoms with Crippen molar-refractivity contribution in [1.29, 1.82) is 0 Å². The third kappa shape index (κ3) is 3.93. The lowest BCUT2D eigenvalue weighted by Crippen LogP contribution is -2.35. The summed E-state index contributed by atoms with van der Waals surface area (Å²) in [7, 11) is 0. The van der Waals surface area contributed by atoms with E-state index in [4.69, 9.17) is 13.9 Å². The summed E-state index contributed by atoms with van der Waals surface area (Å²) < 4.78 is 15.1. The van der Waals surface area contributed by atoms with E-state index in [1.165, 1.54) is 36.6 Å². The van der Waals surface area contributed by atoms with Crippen LogP contribution in [0, 0.1) is 23.7 Å². The van der Waals surface area contributed by atoms with Gasteiger partial charge in [-0.2, -0.15) is 0 Å². The Kier molecular flexibility index (Phi) is 5.61. The van der Waals surface area contributed by atoms with Gasteiger partial charge in [-0.05, 0) is 54.7 Å². The Balaban J connectivity index is 1.08. The summed E-state index contributed by atoms with van der Waals surface area (Å²) in [6.07, 6.45) is 6.05. The Morgan fingerprint density at radius 2 is 1.65 bits per heavy atom. The number of rotatable bonds is 8. The summed E-state index contributed by atoms with van der Waals surface area (Å²) in [6, 6.07) is 8.81. The molecule has 4 unspecified atom stereocenters. The molecule has 2 aliphatic carbocycles. The van der Waals surface area contributed by atoms with Crippen LogP contribution in [-0.4, -0.2) is 47.6 Å². The molecule has 0 N–H and O–H groups in total. The van der Waals surface area contributed by atoms with Crippen molar-refractivity contribution in [2.24, 2.45) is 23.7 Å². The van der Waals surface area contributed by atoms with Gasteiger partial charge in [0.25, 0.3) is 0 Å². The number of ketones is 1. The van der Waals surface area contributed by atoms with Crippen LogP contribution in [0.1, 0.15) is 33.8 Å². The molecule has 9 heteroatoms. The lowest BCUT2D eigenvalue weighted by molar-refractivity contribution is -0.145. The minimum atomic E-state index is -0.670. The van der Waals surface area contributed by atoms with Gasteiger partial charge in [0.1, 0.15) is 5.75 Å². The largest absolute Gasteiger partial charge is 0.457 e. The molecule has 1 aromatic carbocycles. The molecule has 9 nitrogen and oxygen atoms in total. The summed E-state index contributed by atoms with van der Waals surface area (Å²) in [5.74, 6) is -2.32. The van der Waals surface area contributed by atoms with E-state index in [-0.39, 0.29) is 65.5 Å². The van der Waals surface area contributed by atoms with E-state index in [2.05, 4.69) is 0 Å². The molecule has 2 heterocycles. The van der Waals surface area contributed by atoms with E-state index in [0.717, 1.165) is 11.3 Å². The topological polar surface area (TPSA) is 120 Å². The molecule has 5 rings (SSSR count). The van der Waals surface area contributed by atoms with Gasteiger partial charge in [0.05, 0.1) is 24.5 Å². The number of allylic oxidation sites excluding steroid dienone is 2. The standard InChI is InChI=1S/C25H21NO8/c27-18(14-5-7-17(8-6-14)34-25(31)19-2-1-11-32-19)13-33-20(28)9-10-26-23(29)21-15-3-4-16(12-15)22(21)24(26)30/h1-8,11,15-16,21-22H,9-10,12-13H2.